The summed E-state index contributed by atoms with van der Waals surface area (Å²) in [7, 11) is 0. The highest BCUT2D eigenvalue weighted by molar-refractivity contribution is 5.87. The number of benzene rings is 2. The Balaban J connectivity index is 2.48. The standard InChI is InChI=1S/C14H8F4O/c15-12-6-3-10(8-19)13(7-12)9-1-4-11(5-2-9)14(16,17)18/h1-8H. The van der Waals surface area contributed by atoms with E-state index in [0.717, 1.165) is 24.3 Å². The summed E-state index contributed by atoms with van der Waals surface area (Å²) in [4.78, 5) is 10.8. The summed E-state index contributed by atoms with van der Waals surface area (Å²) in [6, 6.07) is 7.75. The number of carbonyl (C=O) groups is 1. The van der Waals surface area contributed by atoms with Gasteiger partial charge in [0.1, 0.15) is 5.82 Å². The lowest BCUT2D eigenvalue weighted by atomic mass is 9.99. The molecule has 0 fully saturated rings. The molecule has 2 aromatic rings. The van der Waals surface area contributed by atoms with Crippen molar-refractivity contribution in [1.29, 1.82) is 0 Å². The molecule has 0 aromatic heterocycles. The number of aldehydes is 1. The monoisotopic (exact) mass is 268 g/mol. The predicted octanol–water partition coefficient (Wildman–Crippen LogP) is 4.32. The molecule has 0 atom stereocenters. The molecule has 0 aliphatic carbocycles. The Kier molecular flexibility index (Phi) is 3.38. The van der Waals surface area contributed by atoms with Crippen molar-refractivity contribution >= 4 is 6.29 Å². The van der Waals surface area contributed by atoms with Crippen LogP contribution in [0, 0.1) is 5.82 Å². The lowest BCUT2D eigenvalue weighted by Gasteiger charge is -2.09. The molecule has 98 valence electrons. The van der Waals surface area contributed by atoms with Crippen LogP contribution in [0.3, 0.4) is 0 Å². The number of rotatable bonds is 2. The smallest absolute Gasteiger partial charge is 0.298 e. The van der Waals surface area contributed by atoms with Crippen molar-refractivity contribution in [2.24, 2.45) is 0 Å². The van der Waals surface area contributed by atoms with Gasteiger partial charge in [-0.05, 0) is 41.5 Å². The Hall–Kier alpha value is -2.17. The van der Waals surface area contributed by atoms with Gasteiger partial charge in [-0.15, -0.1) is 0 Å². The van der Waals surface area contributed by atoms with Gasteiger partial charge < -0.3 is 0 Å². The zero-order valence-electron chi connectivity index (χ0n) is 9.54. The van der Waals surface area contributed by atoms with E-state index in [-0.39, 0.29) is 11.1 Å². The SMILES string of the molecule is O=Cc1ccc(F)cc1-c1ccc(C(F)(F)F)cc1. The van der Waals surface area contributed by atoms with Crippen LogP contribution in [0.2, 0.25) is 0 Å². The number of hydrogen-bond acceptors (Lipinski definition) is 1. The Morgan fingerprint density at radius 3 is 2.11 bits per heavy atom. The zero-order valence-corrected chi connectivity index (χ0v) is 9.54. The average Bonchev–Trinajstić information content (AvgIpc) is 2.38. The van der Waals surface area contributed by atoms with Crippen LogP contribution >= 0.6 is 0 Å². The summed E-state index contributed by atoms with van der Waals surface area (Å²) in [5, 5.41) is 0. The highest BCUT2D eigenvalue weighted by Crippen LogP contribution is 2.31. The van der Waals surface area contributed by atoms with E-state index in [2.05, 4.69) is 0 Å². The highest BCUT2D eigenvalue weighted by Gasteiger charge is 2.30. The summed E-state index contributed by atoms with van der Waals surface area (Å²) < 4.78 is 50.4. The molecule has 5 heteroatoms. The molecule has 1 nitrogen and oxygen atoms in total. The van der Waals surface area contributed by atoms with Crippen LogP contribution in [0.15, 0.2) is 42.5 Å². The Morgan fingerprint density at radius 1 is 0.947 bits per heavy atom. The summed E-state index contributed by atoms with van der Waals surface area (Å²) in [5.41, 5.74) is 0.0554. The minimum absolute atomic E-state index is 0.223. The molecular formula is C14H8F4O. The largest absolute Gasteiger partial charge is 0.416 e. The lowest BCUT2D eigenvalue weighted by molar-refractivity contribution is -0.137. The van der Waals surface area contributed by atoms with Crippen molar-refractivity contribution in [3.63, 3.8) is 0 Å². The van der Waals surface area contributed by atoms with Crippen molar-refractivity contribution in [3.8, 4) is 11.1 Å². The molecule has 0 N–H and O–H groups in total. The van der Waals surface area contributed by atoms with Crippen LogP contribution in [0.1, 0.15) is 15.9 Å². The minimum atomic E-state index is -4.42. The van der Waals surface area contributed by atoms with E-state index in [1.165, 1.54) is 18.2 Å². The second kappa shape index (κ2) is 4.84. The summed E-state index contributed by atoms with van der Waals surface area (Å²) in [5.74, 6) is -0.555. The molecule has 0 amide bonds. The second-order valence-corrected chi connectivity index (χ2v) is 3.92. The molecule has 2 aromatic carbocycles. The van der Waals surface area contributed by atoms with E-state index in [4.69, 9.17) is 0 Å². The van der Waals surface area contributed by atoms with E-state index >= 15 is 0 Å². The van der Waals surface area contributed by atoms with Gasteiger partial charge in [0.15, 0.2) is 6.29 Å². The van der Waals surface area contributed by atoms with Crippen molar-refractivity contribution in [1.82, 2.24) is 0 Å². The van der Waals surface area contributed by atoms with Crippen LogP contribution in [0.5, 0.6) is 0 Å². The van der Waals surface area contributed by atoms with E-state index in [9.17, 15) is 22.4 Å². The molecule has 0 saturated carbocycles. The van der Waals surface area contributed by atoms with Crippen LogP contribution in [-0.2, 0) is 6.18 Å². The summed E-state index contributed by atoms with van der Waals surface area (Å²) in [6.07, 6.45) is -3.89. The van der Waals surface area contributed by atoms with E-state index in [1.807, 2.05) is 0 Å². The van der Waals surface area contributed by atoms with Gasteiger partial charge in [-0.1, -0.05) is 12.1 Å². The number of hydrogen-bond donors (Lipinski definition) is 0. The Bertz CT molecular complexity index is 600. The molecule has 0 aliphatic heterocycles. The van der Waals surface area contributed by atoms with Gasteiger partial charge in [0.05, 0.1) is 5.56 Å². The maximum Gasteiger partial charge on any atom is 0.416 e. The van der Waals surface area contributed by atoms with Gasteiger partial charge >= 0.3 is 6.18 Å². The molecule has 0 bridgehead atoms. The molecule has 0 radical (unpaired) electrons. The van der Waals surface area contributed by atoms with Crippen LogP contribution in [0.25, 0.3) is 11.1 Å². The second-order valence-electron chi connectivity index (χ2n) is 3.92. The third kappa shape index (κ3) is 2.81. The van der Waals surface area contributed by atoms with Gasteiger partial charge in [-0.2, -0.15) is 13.2 Å². The molecule has 0 unspecified atom stereocenters. The van der Waals surface area contributed by atoms with E-state index in [1.54, 1.807) is 0 Å². The van der Waals surface area contributed by atoms with Gasteiger partial charge in [0.25, 0.3) is 0 Å². The summed E-state index contributed by atoms with van der Waals surface area (Å²) in [6.45, 7) is 0. The van der Waals surface area contributed by atoms with Gasteiger partial charge in [0.2, 0.25) is 0 Å². The van der Waals surface area contributed by atoms with Crippen molar-refractivity contribution < 1.29 is 22.4 Å². The first-order valence-corrected chi connectivity index (χ1v) is 5.34. The topological polar surface area (TPSA) is 17.1 Å². The number of carbonyl (C=O) groups excluding carboxylic acids is 1. The molecule has 0 aliphatic rings. The van der Waals surface area contributed by atoms with Crippen molar-refractivity contribution in [3.05, 3.63) is 59.4 Å². The van der Waals surface area contributed by atoms with Crippen LogP contribution in [-0.4, -0.2) is 6.29 Å². The van der Waals surface area contributed by atoms with Crippen molar-refractivity contribution in [2.45, 2.75) is 6.18 Å². The van der Waals surface area contributed by atoms with E-state index in [0.29, 0.717) is 11.8 Å². The Morgan fingerprint density at radius 2 is 1.58 bits per heavy atom. The van der Waals surface area contributed by atoms with E-state index < -0.39 is 17.6 Å². The molecule has 0 heterocycles. The fraction of sp³-hybridized carbons (Fsp3) is 0.0714. The molecule has 0 spiro atoms. The van der Waals surface area contributed by atoms with Gasteiger partial charge in [-0.25, -0.2) is 4.39 Å². The first kappa shape index (κ1) is 13.3. The zero-order chi connectivity index (χ0) is 14.0. The fourth-order valence-corrected chi connectivity index (χ4v) is 1.72. The van der Waals surface area contributed by atoms with Crippen LogP contribution in [0.4, 0.5) is 17.6 Å². The van der Waals surface area contributed by atoms with Crippen molar-refractivity contribution in [2.75, 3.05) is 0 Å². The Labute approximate surface area is 106 Å². The lowest BCUT2D eigenvalue weighted by Crippen LogP contribution is -2.04. The molecule has 0 saturated heterocycles. The fourth-order valence-electron chi connectivity index (χ4n) is 1.72. The molecular weight excluding hydrogens is 260 g/mol. The predicted molar refractivity (Wildman–Crippen MR) is 62.2 cm³/mol. The van der Waals surface area contributed by atoms with Gasteiger partial charge in [0, 0.05) is 5.56 Å². The molecule has 19 heavy (non-hydrogen) atoms. The normalized spacial score (nSPS) is 11.4. The number of halogens is 4. The first-order chi connectivity index (χ1) is 8.91. The average molecular weight is 268 g/mol. The maximum atomic E-state index is 13.1. The third-order valence-electron chi connectivity index (χ3n) is 2.67. The summed E-state index contributed by atoms with van der Waals surface area (Å²) >= 11 is 0. The minimum Gasteiger partial charge on any atom is -0.298 e. The number of alkyl halides is 3. The quantitative estimate of drug-likeness (QED) is 0.585. The van der Waals surface area contributed by atoms with Gasteiger partial charge in [-0.3, -0.25) is 4.79 Å². The highest BCUT2D eigenvalue weighted by atomic mass is 19.4. The third-order valence-corrected chi connectivity index (χ3v) is 2.67. The first-order valence-electron chi connectivity index (χ1n) is 5.34. The van der Waals surface area contributed by atoms with Crippen LogP contribution < -0.4 is 0 Å². The molecule has 2 rings (SSSR count). The maximum absolute atomic E-state index is 13.1.